The minimum Gasteiger partial charge on any atom is -0.126 e. The van der Waals surface area contributed by atoms with E-state index in [1.54, 1.807) is 0 Å². The Hall–Kier alpha value is -0.602. The van der Waals surface area contributed by atoms with Crippen molar-refractivity contribution in [2.75, 3.05) is 0 Å². The Morgan fingerprint density at radius 2 is 0.656 bits per heavy atom. The summed E-state index contributed by atoms with van der Waals surface area (Å²) in [7, 11) is -7.02. The molecule has 3 aromatic rings. The lowest BCUT2D eigenvalue weighted by Crippen LogP contribution is -2.83. The number of hydrogen-bond donors (Lipinski definition) is 0. The molecule has 0 radical (unpaired) electrons. The van der Waals surface area contributed by atoms with Gasteiger partial charge >= 0.3 is 6.00 Å². The molecule has 3 rings (SSSR count). The van der Waals surface area contributed by atoms with Gasteiger partial charge in [-0.25, -0.2) is 0 Å². The lowest BCUT2D eigenvalue weighted by molar-refractivity contribution is 1.27. The predicted octanol–water partition coefficient (Wildman–Crippen LogP) is 6.85. The molecule has 0 nitrogen and oxygen atoms in total. The quantitative estimate of drug-likeness (QED) is 0.222. The van der Waals surface area contributed by atoms with Crippen LogP contribution in [0, 0.1) is 0 Å². The van der Waals surface area contributed by atoms with E-state index in [1.165, 1.54) is 15.6 Å². The van der Waals surface area contributed by atoms with Crippen molar-refractivity contribution in [2.24, 2.45) is 0 Å². The summed E-state index contributed by atoms with van der Waals surface area (Å²) in [6, 6.07) is 29.5. The van der Waals surface area contributed by atoms with Gasteiger partial charge in [-0.2, -0.15) is 0 Å². The molecule has 0 bridgehead atoms. The third-order valence-corrected chi connectivity index (χ3v) is 46.6. The molecule has 3 aromatic carbocycles. The molecule has 0 amide bonds. The summed E-state index contributed by atoms with van der Waals surface area (Å²) >= 11 is 22.3. The van der Waals surface area contributed by atoms with E-state index in [4.69, 9.17) is 33.2 Å². The average Bonchev–Trinajstić information content (AvgIpc) is 2.74. The Kier molecular flexibility index (Phi) is 7.49. The molecule has 0 heterocycles. The molecule has 0 saturated carbocycles. The van der Waals surface area contributed by atoms with Crippen LogP contribution in [0.2, 0.25) is 43.2 Å². The van der Waals surface area contributed by atoms with Gasteiger partial charge in [0.15, 0.2) is 0 Å². The lowest BCUT2D eigenvalue weighted by Gasteiger charge is -2.64. The first-order valence-electron chi connectivity index (χ1n) is 11.0. The minimum absolute atomic E-state index is 0.311. The third-order valence-electron chi connectivity index (χ3n) is 7.72. The van der Waals surface area contributed by atoms with Crippen LogP contribution in [0.3, 0.4) is 0 Å². The molecule has 0 aromatic heterocycles. The van der Waals surface area contributed by atoms with Gasteiger partial charge in [0, 0.05) is 3.91 Å². The van der Waals surface area contributed by atoms with Gasteiger partial charge in [0.25, 0.3) is 0 Å². The Labute approximate surface area is 212 Å². The fourth-order valence-corrected chi connectivity index (χ4v) is 61.3. The molecule has 0 aliphatic heterocycles. The monoisotopic (exact) mass is 550 g/mol. The highest BCUT2D eigenvalue weighted by Gasteiger charge is 2.75. The van der Waals surface area contributed by atoms with E-state index < -0.39 is 30.2 Å². The normalized spacial score (nSPS) is 13.8. The maximum atomic E-state index is 7.43. The molecule has 0 aliphatic carbocycles. The van der Waals surface area contributed by atoms with Crippen molar-refractivity contribution >= 4 is 79.0 Å². The van der Waals surface area contributed by atoms with Crippen molar-refractivity contribution in [1.29, 1.82) is 0 Å². The molecular formula is C25H33Cl3Si4. The summed E-state index contributed by atoms with van der Waals surface area (Å²) in [5.41, 5.74) is 0. The Morgan fingerprint density at radius 3 is 0.844 bits per heavy atom. The minimum atomic E-state index is -3.29. The van der Waals surface area contributed by atoms with Crippen molar-refractivity contribution < 1.29 is 0 Å². The second kappa shape index (κ2) is 9.21. The van der Waals surface area contributed by atoms with Gasteiger partial charge in [-0.05, 0) is 0 Å². The van der Waals surface area contributed by atoms with Gasteiger partial charge in [-0.1, -0.05) is 146 Å². The van der Waals surface area contributed by atoms with Crippen LogP contribution in [0.5, 0.6) is 0 Å². The average molecular weight is 552 g/mol. The van der Waals surface area contributed by atoms with E-state index in [9.17, 15) is 0 Å². The number of hydrogen-bond acceptors (Lipinski definition) is 0. The number of halogens is 3. The van der Waals surface area contributed by atoms with Crippen LogP contribution in [0.25, 0.3) is 0 Å². The summed E-state index contributed by atoms with van der Waals surface area (Å²) in [6.07, 6.45) is 0. The van der Waals surface area contributed by atoms with Crippen molar-refractivity contribution in [3.8, 4) is 0 Å². The van der Waals surface area contributed by atoms with Crippen molar-refractivity contribution in [3.63, 3.8) is 0 Å². The Morgan fingerprint density at radius 1 is 0.438 bits per heavy atom. The maximum absolute atomic E-state index is 7.43. The zero-order valence-corrected chi connectivity index (χ0v) is 26.1. The van der Waals surface area contributed by atoms with Crippen LogP contribution in [-0.2, 0) is 0 Å². The molecule has 7 heteroatoms. The number of rotatable bonds is 7. The summed E-state index contributed by atoms with van der Waals surface area (Å²) in [5.74, 6) is 0. The zero-order valence-electron chi connectivity index (χ0n) is 19.8. The SMILES string of the molecule is C[Si](C)(c1ccccc1)C([Si](Cl)(Cl)Cl)([Si](C)(C)c1ccccc1)[Si](C)(C)c1ccccc1. The second-order valence-electron chi connectivity index (χ2n) is 10.2. The van der Waals surface area contributed by atoms with Gasteiger partial charge < -0.3 is 0 Å². The summed E-state index contributed by atoms with van der Waals surface area (Å²) in [5, 5.41) is 4.14. The molecule has 32 heavy (non-hydrogen) atoms. The molecule has 0 saturated heterocycles. The Balaban J connectivity index is 2.52. The van der Waals surface area contributed by atoms with E-state index in [1.807, 2.05) is 0 Å². The van der Waals surface area contributed by atoms with Crippen LogP contribution in [-0.4, -0.2) is 30.2 Å². The summed E-state index contributed by atoms with van der Waals surface area (Å²) in [4.78, 5) is 0. The molecular weight excluding hydrogens is 519 g/mol. The summed E-state index contributed by atoms with van der Waals surface area (Å²) in [6.45, 7) is 14.8. The van der Waals surface area contributed by atoms with E-state index in [-0.39, 0.29) is 3.91 Å². The molecule has 170 valence electrons. The Bertz CT molecular complexity index is 906. The smallest absolute Gasteiger partial charge is 0.126 e. The second-order valence-corrected chi connectivity index (χ2v) is 35.5. The van der Waals surface area contributed by atoms with Gasteiger partial charge in [-0.3, -0.25) is 0 Å². The summed E-state index contributed by atoms with van der Waals surface area (Å²) < 4.78 is -0.311. The van der Waals surface area contributed by atoms with Crippen LogP contribution >= 0.6 is 33.2 Å². The van der Waals surface area contributed by atoms with Gasteiger partial charge in [0.1, 0.15) is 0 Å². The number of benzene rings is 3. The topological polar surface area (TPSA) is 0 Å². The van der Waals surface area contributed by atoms with E-state index >= 15 is 0 Å². The van der Waals surface area contributed by atoms with Gasteiger partial charge in [-0.15, -0.1) is 33.2 Å². The van der Waals surface area contributed by atoms with Crippen LogP contribution in [0.15, 0.2) is 91.0 Å². The standard InChI is InChI=1S/C25H33Cl3Si4/c1-29(2,22-16-10-7-11-17-22)25(32(26,27)28,30(3,4)23-18-12-8-13-19-23)31(5,6)24-20-14-9-15-21-24/h7-21H,1-6H3. The highest BCUT2D eigenvalue weighted by Crippen LogP contribution is 2.63. The first-order chi connectivity index (χ1) is 14.8. The van der Waals surface area contributed by atoms with Crippen LogP contribution in [0.4, 0.5) is 0 Å². The molecule has 0 atom stereocenters. The predicted molar refractivity (Wildman–Crippen MR) is 157 cm³/mol. The maximum Gasteiger partial charge on any atom is 0.340 e. The molecule has 0 fully saturated rings. The molecule has 0 N–H and O–H groups in total. The largest absolute Gasteiger partial charge is 0.340 e. The van der Waals surface area contributed by atoms with Crippen molar-refractivity contribution in [2.45, 2.75) is 43.2 Å². The van der Waals surface area contributed by atoms with E-state index in [0.29, 0.717) is 0 Å². The lowest BCUT2D eigenvalue weighted by atomic mass is 10.4. The molecule has 0 aliphatic rings. The first-order valence-corrected chi connectivity index (χ1v) is 25.1. The highest BCUT2D eigenvalue weighted by atomic mass is 35.8. The van der Waals surface area contributed by atoms with E-state index in [2.05, 4.69) is 130 Å². The van der Waals surface area contributed by atoms with Crippen molar-refractivity contribution in [3.05, 3.63) is 91.0 Å². The van der Waals surface area contributed by atoms with Crippen molar-refractivity contribution in [1.82, 2.24) is 0 Å². The van der Waals surface area contributed by atoms with E-state index in [0.717, 1.165) is 0 Å². The highest BCUT2D eigenvalue weighted by molar-refractivity contribution is 7.73. The fourth-order valence-electron chi connectivity index (χ4n) is 6.62. The molecule has 0 spiro atoms. The van der Waals surface area contributed by atoms with Crippen LogP contribution < -0.4 is 15.6 Å². The van der Waals surface area contributed by atoms with Gasteiger partial charge in [0.2, 0.25) is 0 Å². The fraction of sp³-hybridized carbons (Fsp3) is 0.280. The molecule has 0 unspecified atom stereocenters. The van der Waals surface area contributed by atoms with Crippen LogP contribution in [0.1, 0.15) is 0 Å². The third kappa shape index (κ3) is 3.96. The zero-order chi connectivity index (χ0) is 23.8. The van der Waals surface area contributed by atoms with Gasteiger partial charge in [0.05, 0.1) is 24.2 Å². The first kappa shape index (κ1) is 26.0.